The van der Waals surface area contributed by atoms with Crippen molar-refractivity contribution in [1.29, 1.82) is 5.26 Å². The molecule has 31 heavy (non-hydrogen) atoms. The maximum absolute atomic E-state index is 12.5. The lowest BCUT2D eigenvalue weighted by Crippen LogP contribution is -2.13. The molecule has 1 aliphatic heterocycles. The number of ether oxygens (including phenoxy) is 3. The molecule has 0 atom stereocenters. The number of nitriles is 1. The van der Waals surface area contributed by atoms with Gasteiger partial charge in [0.2, 0.25) is 6.79 Å². The number of fused-ring (bicyclic) bond motifs is 1. The zero-order valence-electron chi connectivity index (χ0n) is 15.9. The highest BCUT2D eigenvalue weighted by Gasteiger charge is 2.16. The van der Waals surface area contributed by atoms with Crippen LogP contribution in [0.4, 0.5) is 5.69 Å². The van der Waals surface area contributed by atoms with Gasteiger partial charge in [-0.05, 0) is 36.4 Å². The Bertz CT molecular complexity index is 1210. The Labute approximate surface area is 187 Å². The van der Waals surface area contributed by atoms with Gasteiger partial charge < -0.3 is 23.9 Å². The quantitative estimate of drug-likeness (QED) is 0.392. The molecule has 9 heteroatoms. The molecule has 0 unspecified atom stereocenters. The fourth-order valence-electron chi connectivity index (χ4n) is 2.73. The van der Waals surface area contributed by atoms with Crippen LogP contribution < -0.4 is 19.5 Å². The number of nitrogens with zero attached hydrogens (tertiary/aromatic N) is 1. The molecule has 0 bridgehead atoms. The van der Waals surface area contributed by atoms with Gasteiger partial charge in [0.25, 0.3) is 5.91 Å². The van der Waals surface area contributed by atoms with Gasteiger partial charge in [-0.15, -0.1) is 0 Å². The molecule has 1 aliphatic rings. The van der Waals surface area contributed by atoms with Gasteiger partial charge >= 0.3 is 0 Å². The Hall–Kier alpha value is -3.60. The van der Waals surface area contributed by atoms with E-state index in [0.717, 1.165) is 0 Å². The van der Waals surface area contributed by atoms with Crippen LogP contribution in [0.1, 0.15) is 11.5 Å². The summed E-state index contributed by atoms with van der Waals surface area (Å²) in [6.07, 6.45) is 1.35. The number of carbonyl (C=O) groups is 1. The van der Waals surface area contributed by atoms with Crippen molar-refractivity contribution in [1.82, 2.24) is 0 Å². The van der Waals surface area contributed by atoms with Gasteiger partial charge in [0.15, 0.2) is 11.5 Å². The van der Waals surface area contributed by atoms with E-state index >= 15 is 0 Å². The molecule has 0 aliphatic carbocycles. The molecule has 1 aromatic heterocycles. The van der Waals surface area contributed by atoms with Gasteiger partial charge in [0.05, 0.1) is 10.0 Å². The van der Waals surface area contributed by atoms with Crippen LogP contribution in [0.2, 0.25) is 10.0 Å². The zero-order chi connectivity index (χ0) is 21.8. The van der Waals surface area contributed by atoms with Crippen LogP contribution in [0.3, 0.4) is 0 Å². The summed E-state index contributed by atoms with van der Waals surface area (Å²) in [5.74, 6) is 1.92. The van der Waals surface area contributed by atoms with Crippen molar-refractivity contribution in [3.63, 3.8) is 0 Å². The average Bonchev–Trinajstić information content (AvgIpc) is 3.41. The van der Waals surface area contributed by atoms with Gasteiger partial charge in [-0.3, -0.25) is 4.79 Å². The van der Waals surface area contributed by atoms with Gasteiger partial charge in [0.1, 0.15) is 35.5 Å². The fraction of sp³-hybridized carbons (Fsp3) is 0.0909. The normalized spacial score (nSPS) is 12.4. The highest BCUT2D eigenvalue weighted by Crippen LogP contribution is 2.34. The molecule has 3 aromatic rings. The molecule has 2 aromatic carbocycles. The molecule has 0 radical (unpaired) electrons. The second kappa shape index (κ2) is 9.04. The molecule has 0 saturated heterocycles. The van der Waals surface area contributed by atoms with E-state index < -0.39 is 5.91 Å². The summed E-state index contributed by atoms with van der Waals surface area (Å²) < 4.78 is 21.7. The standard InChI is InChI=1S/C22H14Cl2N2O5/c23-18-5-4-15(9-19(18)24)28-11-17-3-2-16(31-17)7-13(10-25)22(27)26-14-1-6-20-21(8-14)30-12-29-20/h1-9H,11-12H2,(H,26,27)/b13-7+. The van der Waals surface area contributed by atoms with Crippen molar-refractivity contribution in [2.45, 2.75) is 6.61 Å². The number of benzene rings is 2. The Kier molecular flexibility index (Phi) is 6.03. The van der Waals surface area contributed by atoms with E-state index in [-0.39, 0.29) is 19.0 Å². The highest BCUT2D eigenvalue weighted by atomic mass is 35.5. The van der Waals surface area contributed by atoms with Gasteiger partial charge in [0, 0.05) is 23.9 Å². The number of anilines is 1. The minimum atomic E-state index is -0.577. The van der Waals surface area contributed by atoms with E-state index in [1.807, 2.05) is 6.07 Å². The average molecular weight is 457 g/mol. The first kappa shape index (κ1) is 20.7. The number of rotatable bonds is 6. The molecule has 4 rings (SSSR count). The third kappa shape index (κ3) is 4.94. The van der Waals surface area contributed by atoms with Crippen LogP contribution in [0, 0.1) is 11.3 Å². The summed E-state index contributed by atoms with van der Waals surface area (Å²) >= 11 is 11.8. The molecular formula is C22H14Cl2N2O5. The number of halogens is 2. The van der Waals surface area contributed by atoms with Gasteiger partial charge in [-0.2, -0.15) is 5.26 Å². The minimum absolute atomic E-state index is 0.121. The summed E-state index contributed by atoms with van der Waals surface area (Å²) in [7, 11) is 0. The summed E-state index contributed by atoms with van der Waals surface area (Å²) in [5.41, 5.74) is 0.356. The highest BCUT2D eigenvalue weighted by molar-refractivity contribution is 6.42. The van der Waals surface area contributed by atoms with E-state index in [1.54, 1.807) is 48.5 Å². The summed E-state index contributed by atoms with van der Waals surface area (Å²) in [6.45, 7) is 0.267. The van der Waals surface area contributed by atoms with Crippen molar-refractivity contribution < 1.29 is 23.4 Å². The van der Waals surface area contributed by atoms with E-state index in [4.69, 9.17) is 41.8 Å². The number of hydrogen-bond donors (Lipinski definition) is 1. The first-order valence-corrected chi connectivity index (χ1v) is 9.77. The molecule has 156 valence electrons. The lowest BCUT2D eigenvalue weighted by atomic mass is 10.2. The Morgan fingerprint density at radius 1 is 1.10 bits per heavy atom. The summed E-state index contributed by atoms with van der Waals surface area (Å²) in [6, 6.07) is 15.1. The lowest BCUT2D eigenvalue weighted by Gasteiger charge is -2.05. The van der Waals surface area contributed by atoms with Crippen molar-refractivity contribution in [2.75, 3.05) is 12.1 Å². The lowest BCUT2D eigenvalue weighted by molar-refractivity contribution is -0.112. The molecule has 2 heterocycles. The van der Waals surface area contributed by atoms with Crippen LogP contribution in [0.25, 0.3) is 6.08 Å². The maximum Gasteiger partial charge on any atom is 0.266 e. The van der Waals surface area contributed by atoms with Crippen LogP contribution >= 0.6 is 23.2 Å². The maximum atomic E-state index is 12.5. The predicted molar refractivity (Wildman–Crippen MR) is 114 cm³/mol. The minimum Gasteiger partial charge on any atom is -0.486 e. The Morgan fingerprint density at radius 3 is 2.74 bits per heavy atom. The molecule has 1 N–H and O–H groups in total. The summed E-state index contributed by atoms with van der Waals surface area (Å²) in [4.78, 5) is 12.5. The van der Waals surface area contributed by atoms with Crippen molar-refractivity contribution in [2.24, 2.45) is 0 Å². The number of nitrogens with one attached hydrogen (secondary N) is 1. The predicted octanol–water partition coefficient (Wildman–Crippen LogP) is 5.44. The Balaban J connectivity index is 1.40. The molecule has 0 fully saturated rings. The molecule has 0 saturated carbocycles. The van der Waals surface area contributed by atoms with Crippen LogP contribution in [-0.4, -0.2) is 12.7 Å². The largest absolute Gasteiger partial charge is 0.486 e. The topological polar surface area (TPSA) is 93.7 Å². The molecule has 7 nitrogen and oxygen atoms in total. The SMILES string of the molecule is N#C/C(=C\c1ccc(COc2ccc(Cl)c(Cl)c2)o1)C(=O)Nc1ccc2c(c1)OCO2. The molecule has 1 amide bonds. The molecule has 0 spiro atoms. The summed E-state index contributed by atoms with van der Waals surface area (Å²) in [5, 5.41) is 12.9. The third-order valence-electron chi connectivity index (χ3n) is 4.24. The van der Waals surface area contributed by atoms with Crippen molar-refractivity contribution in [3.8, 4) is 23.3 Å². The zero-order valence-corrected chi connectivity index (χ0v) is 17.4. The van der Waals surface area contributed by atoms with Crippen LogP contribution in [0.15, 0.2) is 58.5 Å². The van der Waals surface area contributed by atoms with E-state index in [9.17, 15) is 10.1 Å². The van der Waals surface area contributed by atoms with Crippen LogP contribution in [-0.2, 0) is 11.4 Å². The van der Waals surface area contributed by atoms with Crippen molar-refractivity contribution in [3.05, 3.63) is 75.7 Å². The monoisotopic (exact) mass is 456 g/mol. The number of carbonyl (C=O) groups excluding carboxylic acids is 1. The van der Waals surface area contributed by atoms with Gasteiger partial charge in [-0.25, -0.2) is 0 Å². The first-order valence-electron chi connectivity index (χ1n) is 9.01. The fourth-order valence-corrected chi connectivity index (χ4v) is 3.02. The number of hydrogen-bond acceptors (Lipinski definition) is 6. The number of furan rings is 1. The number of amides is 1. The second-order valence-corrected chi connectivity index (χ2v) is 7.18. The van der Waals surface area contributed by atoms with Gasteiger partial charge in [-0.1, -0.05) is 23.2 Å². The second-order valence-electron chi connectivity index (χ2n) is 6.36. The van der Waals surface area contributed by atoms with Crippen LogP contribution in [0.5, 0.6) is 17.2 Å². The third-order valence-corrected chi connectivity index (χ3v) is 4.98. The first-order chi connectivity index (χ1) is 15.0. The van der Waals surface area contributed by atoms with Crippen molar-refractivity contribution >= 4 is 40.9 Å². The van der Waals surface area contributed by atoms with E-state index in [1.165, 1.54) is 6.08 Å². The smallest absolute Gasteiger partial charge is 0.266 e. The van der Waals surface area contributed by atoms with E-state index in [2.05, 4.69) is 5.32 Å². The van der Waals surface area contributed by atoms with E-state index in [0.29, 0.717) is 44.5 Å². The molecular weight excluding hydrogens is 443 g/mol. The Morgan fingerprint density at radius 2 is 1.94 bits per heavy atom.